The molecule has 0 spiro atoms. The SMILES string of the molecule is NCCC(=O)Nc1sccc1C(N)=O. The second-order valence-electron chi connectivity index (χ2n) is 2.61. The Morgan fingerprint density at radius 2 is 2.21 bits per heavy atom. The van der Waals surface area contributed by atoms with Crippen molar-refractivity contribution in [3.05, 3.63) is 17.0 Å². The quantitative estimate of drug-likeness (QED) is 0.663. The Morgan fingerprint density at radius 1 is 1.50 bits per heavy atom. The van der Waals surface area contributed by atoms with Gasteiger partial charge in [0.05, 0.1) is 5.56 Å². The number of hydrogen-bond donors (Lipinski definition) is 3. The Balaban J connectivity index is 2.71. The van der Waals surface area contributed by atoms with Crippen molar-refractivity contribution in [2.75, 3.05) is 11.9 Å². The van der Waals surface area contributed by atoms with Gasteiger partial charge in [-0.05, 0) is 11.4 Å². The molecule has 0 saturated carbocycles. The third-order valence-electron chi connectivity index (χ3n) is 1.56. The second-order valence-corrected chi connectivity index (χ2v) is 3.53. The lowest BCUT2D eigenvalue weighted by atomic mass is 10.3. The molecule has 6 heteroatoms. The molecule has 0 unspecified atom stereocenters. The number of nitrogens with one attached hydrogen (secondary N) is 1. The zero-order valence-corrected chi connectivity index (χ0v) is 8.26. The van der Waals surface area contributed by atoms with Gasteiger partial charge in [-0.15, -0.1) is 11.3 Å². The maximum Gasteiger partial charge on any atom is 0.251 e. The average molecular weight is 213 g/mol. The van der Waals surface area contributed by atoms with E-state index in [9.17, 15) is 9.59 Å². The van der Waals surface area contributed by atoms with E-state index in [1.54, 1.807) is 11.4 Å². The lowest BCUT2D eigenvalue weighted by Gasteiger charge is -2.02. The Morgan fingerprint density at radius 3 is 2.79 bits per heavy atom. The van der Waals surface area contributed by atoms with Gasteiger partial charge < -0.3 is 16.8 Å². The molecule has 2 amide bonds. The van der Waals surface area contributed by atoms with Crippen LogP contribution in [-0.2, 0) is 4.79 Å². The maximum absolute atomic E-state index is 11.1. The van der Waals surface area contributed by atoms with E-state index in [2.05, 4.69) is 5.32 Å². The second kappa shape index (κ2) is 4.73. The molecule has 76 valence electrons. The van der Waals surface area contributed by atoms with Gasteiger partial charge in [0, 0.05) is 13.0 Å². The van der Waals surface area contributed by atoms with Gasteiger partial charge >= 0.3 is 0 Å². The van der Waals surface area contributed by atoms with E-state index in [1.165, 1.54) is 11.3 Å². The highest BCUT2D eigenvalue weighted by Gasteiger charge is 2.11. The third kappa shape index (κ3) is 2.54. The van der Waals surface area contributed by atoms with Crippen LogP contribution in [0.2, 0.25) is 0 Å². The first-order chi connectivity index (χ1) is 6.65. The molecule has 0 atom stereocenters. The van der Waals surface area contributed by atoms with Gasteiger partial charge in [-0.2, -0.15) is 0 Å². The number of rotatable bonds is 4. The minimum Gasteiger partial charge on any atom is -0.366 e. The highest BCUT2D eigenvalue weighted by Crippen LogP contribution is 2.22. The van der Waals surface area contributed by atoms with Crippen molar-refractivity contribution >= 4 is 28.2 Å². The van der Waals surface area contributed by atoms with Crippen molar-refractivity contribution in [1.29, 1.82) is 0 Å². The lowest BCUT2D eigenvalue weighted by Crippen LogP contribution is -2.18. The Kier molecular flexibility index (Phi) is 3.61. The van der Waals surface area contributed by atoms with Gasteiger partial charge in [-0.1, -0.05) is 0 Å². The molecule has 0 fully saturated rings. The molecular weight excluding hydrogens is 202 g/mol. The van der Waals surface area contributed by atoms with Crippen molar-refractivity contribution in [3.63, 3.8) is 0 Å². The summed E-state index contributed by atoms with van der Waals surface area (Å²) in [4.78, 5) is 22.0. The summed E-state index contributed by atoms with van der Waals surface area (Å²) >= 11 is 1.26. The van der Waals surface area contributed by atoms with E-state index in [0.29, 0.717) is 10.6 Å². The molecule has 0 aliphatic heterocycles. The van der Waals surface area contributed by atoms with E-state index in [0.717, 1.165) is 0 Å². The summed E-state index contributed by atoms with van der Waals surface area (Å²) in [6.07, 6.45) is 0.232. The molecule has 0 saturated heterocycles. The van der Waals surface area contributed by atoms with Crippen LogP contribution in [0.25, 0.3) is 0 Å². The van der Waals surface area contributed by atoms with E-state index in [1.807, 2.05) is 0 Å². The summed E-state index contributed by atoms with van der Waals surface area (Å²) in [6.45, 7) is 0.281. The molecule has 1 aromatic heterocycles. The summed E-state index contributed by atoms with van der Waals surface area (Å²) in [6, 6.07) is 1.57. The van der Waals surface area contributed by atoms with Crippen molar-refractivity contribution in [1.82, 2.24) is 0 Å². The fraction of sp³-hybridized carbons (Fsp3) is 0.250. The van der Waals surface area contributed by atoms with Gasteiger partial charge in [-0.3, -0.25) is 9.59 Å². The summed E-state index contributed by atoms with van der Waals surface area (Å²) < 4.78 is 0. The number of carbonyl (C=O) groups excluding carboxylic acids is 2. The molecule has 0 radical (unpaired) electrons. The fourth-order valence-electron chi connectivity index (χ4n) is 0.920. The molecular formula is C8H11N3O2S. The van der Waals surface area contributed by atoms with Crippen LogP contribution < -0.4 is 16.8 Å². The Bertz CT molecular complexity index is 348. The highest BCUT2D eigenvalue weighted by molar-refractivity contribution is 7.14. The molecule has 1 rings (SSSR count). The van der Waals surface area contributed by atoms with Crippen LogP contribution in [0.3, 0.4) is 0 Å². The van der Waals surface area contributed by atoms with Crippen LogP contribution in [0.1, 0.15) is 16.8 Å². The van der Waals surface area contributed by atoms with E-state index in [4.69, 9.17) is 11.5 Å². The third-order valence-corrected chi connectivity index (χ3v) is 2.38. The molecule has 0 bridgehead atoms. The number of hydrogen-bond acceptors (Lipinski definition) is 4. The van der Waals surface area contributed by atoms with Crippen LogP contribution >= 0.6 is 11.3 Å². The number of carbonyl (C=O) groups is 2. The van der Waals surface area contributed by atoms with Crippen LogP contribution in [0.15, 0.2) is 11.4 Å². The van der Waals surface area contributed by atoms with Gasteiger partial charge in [0.2, 0.25) is 5.91 Å². The summed E-state index contributed by atoms with van der Waals surface area (Å²) in [7, 11) is 0. The predicted octanol–water partition coefficient (Wildman–Crippen LogP) is 0.134. The number of primary amides is 1. The summed E-state index contributed by atoms with van der Waals surface area (Å²) in [5, 5.41) is 4.75. The Hall–Kier alpha value is -1.40. The monoisotopic (exact) mass is 213 g/mol. The van der Waals surface area contributed by atoms with Gasteiger partial charge in [0.1, 0.15) is 5.00 Å². The number of nitrogens with two attached hydrogens (primary N) is 2. The zero-order chi connectivity index (χ0) is 10.6. The zero-order valence-electron chi connectivity index (χ0n) is 7.45. The van der Waals surface area contributed by atoms with Crippen LogP contribution in [0.5, 0.6) is 0 Å². The molecule has 0 aromatic carbocycles. The highest BCUT2D eigenvalue weighted by atomic mass is 32.1. The van der Waals surface area contributed by atoms with E-state index < -0.39 is 5.91 Å². The van der Waals surface area contributed by atoms with Crippen LogP contribution in [0.4, 0.5) is 5.00 Å². The Labute approximate surface area is 85.1 Å². The molecule has 1 heterocycles. The molecule has 1 aromatic rings. The first-order valence-corrected chi connectivity index (χ1v) is 4.90. The van der Waals surface area contributed by atoms with Crippen LogP contribution in [-0.4, -0.2) is 18.4 Å². The normalized spacial score (nSPS) is 9.79. The summed E-state index contributed by atoms with van der Waals surface area (Å²) in [5.74, 6) is -0.758. The summed E-state index contributed by atoms with van der Waals surface area (Å²) in [5.41, 5.74) is 10.6. The largest absolute Gasteiger partial charge is 0.366 e. The average Bonchev–Trinajstić information content (AvgIpc) is 2.52. The lowest BCUT2D eigenvalue weighted by molar-refractivity contribution is -0.116. The number of thiophene rings is 1. The smallest absolute Gasteiger partial charge is 0.251 e. The first kappa shape index (κ1) is 10.7. The van der Waals surface area contributed by atoms with Crippen molar-refractivity contribution in [2.45, 2.75) is 6.42 Å². The van der Waals surface area contributed by atoms with Crippen molar-refractivity contribution < 1.29 is 9.59 Å². The maximum atomic E-state index is 11.1. The van der Waals surface area contributed by atoms with Gasteiger partial charge in [-0.25, -0.2) is 0 Å². The van der Waals surface area contributed by atoms with Crippen molar-refractivity contribution in [3.8, 4) is 0 Å². The fourth-order valence-corrected chi connectivity index (χ4v) is 1.73. The molecule has 14 heavy (non-hydrogen) atoms. The van der Waals surface area contributed by atoms with E-state index in [-0.39, 0.29) is 18.9 Å². The minimum atomic E-state index is -0.547. The molecule has 5 N–H and O–H groups in total. The molecule has 0 aliphatic carbocycles. The predicted molar refractivity (Wildman–Crippen MR) is 55.1 cm³/mol. The van der Waals surface area contributed by atoms with E-state index >= 15 is 0 Å². The molecule has 5 nitrogen and oxygen atoms in total. The van der Waals surface area contributed by atoms with Crippen molar-refractivity contribution in [2.24, 2.45) is 11.5 Å². The first-order valence-electron chi connectivity index (χ1n) is 4.02. The van der Waals surface area contributed by atoms with Gasteiger partial charge in [0.25, 0.3) is 5.91 Å². The number of anilines is 1. The standard InChI is InChI=1S/C8H11N3O2S/c9-3-1-6(12)11-8-5(7(10)13)2-4-14-8/h2,4H,1,3,9H2,(H2,10,13)(H,11,12). The number of amides is 2. The van der Waals surface area contributed by atoms with Gasteiger partial charge in [0.15, 0.2) is 0 Å². The molecule has 0 aliphatic rings. The van der Waals surface area contributed by atoms with Crippen LogP contribution in [0, 0.1) is 0 Å². The minimum absolute atomic E-state index is 0.211. The topological polar surface area (TPSA) is 98.2 Å².